The fourth-order valence-electron chi connectivity index (χ4n) is 4.96. The fraction of sp³-hybridized carbons (Fsp3) is 0.500. The van der Waals surface area contributed by atoms with Crippen LogP contribution in [0.15, 0.2) is 35.5 Å². The molecule has 0 saturated carbocycles. The zero-order chi connectivity index (χ0) is 23.7. The highest BCUT2D eigenvalue weighted by Crippen LogP contribution is 2.30. The third-order valence-electron chi connectivity index (χ3n) is 6.91. The van der Waals surface area contributed by atoms with Crippen LogP contribution >= 0.6 is 11.8 Å². The van der Waals surface area contributed by atoms with Crippen LogP contribution in [-0.2, 0) is 11.3 Å². The van der Waals surface area contributed by atoms with Gasteiger partial charge in [-0.05, 0) is 64.7 Å². The Kier molecular flexibility index (Phi) is 6.79. The maximum atomic E-state index is 13.3. The van der Waals surface area contributed by atoms with Gasteiger partial charge < -0.3 is 14.2 Å². The quantitative estimate of drug-likeness (QED) is 0.343. The molecule has 1 atom stereocenters. The molecule has 0 radical (unpaired) electrons. The van der Waals surface area contributed by atoms with E-state index >= 15 is 0 Å². The first-order valence-corrected chi connectivity index (χ1v) is 13.2. The number of aryl methyl sites for hydroxylation is 2. The van der Waals surface area contributed by atoms with Crippen molar-refractivity contribution < 1.29 is 9.53 Å². The van der Waals surface area contributed by atoms with Gasteiger partial charge in [-0.1, -0.05) is 29.5 Å². The molecule has 2 fully saturated rings. The Bertz CT molecular complexity index is 1150. The molecule has 180 valence electrons. The number of anilines is 1. The molecule has 1 aromatic carbocycles. The number of aromatic nitrogens is 4. The summed E-state index contributed by atoms with van der Waals surface area (Å²) in [4.78, 5) is 15.6. The monoisotopic (exact) mass is 479 g/mol. The molecule has 0 unspecified atom stereocenters. The first kappa shape index (κ1) is 23.2. The maximum absolute atomic E-state index is 13.3. The van der Waals surface area contributed by atoms with E-state index in [1.54, 1.807) is 0 Å². The van der Waals surface area contributed by atoms with Crippen molar-refractivity contribution in [1.29, 1.82) is 0 Å². The average Bonchev–Trinajstić information content (AvgIpc) is 3.63. The minimum Gasteiger partial charge on any atom is -0.376 e. The van der Waals surface area contributed by atoms with Crippen LogP contribution in [0.2, 0.25) is 0 Å². The third-order valence-corrected chi connectivity index (χ3v) is 7.84. The largest absolute Gasteiger partial charge is 0.376 e. The lowest BCUT2D eigenvalue weighted by molar-refractivity contribution is 0.0957. The van der Waals surface area contributed by atoms with Gasteiger partial charge in [0.2, 0.25) is 5.95 Å². The molecule has 4 heterocycles. The molecule has 0 amide bonds. The molecular weight excluding hydrogens is 446 g/mol. The zero-order valence-corrected chi connectivity index (χ0v) is 21.1. The van der Waals surface area contributed by atoms with Gasteiger partial charge in [0.1, 0.15) is 0 Å². The highest BCUT2D eigenvalue weighted by molar-refractivity contribution is 7.99. The molecule has 3 aromatic rings. The van der Waals surface area contributed by atoms with Gasteiger partial charge in [-0.15, -0.1) is 10.2 Å². The number of carbonyl (C=O) groups excluding carboxylic acids is 1. The lowest BCUT2D eigenvalue weighted by Gasteiger charge is -2.18. The second kappa shape index (κ2) is 9.96. The molecule has 2 saturated heterocycles. The van der Waals surface area contributed by atoms with Crippen LogP contribution in [0.4, 0.5) is 5.95 Å². The van der Waals surface area contributed by atoms with E-state index in [1.807, 2.05) is 13.0 Å². The summed E-state index contributed by atoms with van der Waals surface area (Å²) in [5, 5.41) is 9.79. The number of rotatable bonds is 8. The van der Waals surface area contributed by atoms with Crippen molar-refractivity contribution in [3.63, 3.8) is 0 Å². The smallest absolute Gasteiger partial charge is 0.232 e. The summed E-state index contributed by atoms with van der Waals surface area (Å²) in [5.74, 6) is 1.32. The van der Waals surface area contributed by atoms with Crippen molar-refractivity contribution in [2.75, 3.05) is 30.3 Å². The van der Waals surface area contributed by atoms with Crippen molar-refractivity contribution in [3.8, 4) is 5.69 Å². The predicted molar refractivity (Wildman–Crippen MR) is 135 cm³/mol. The summed E-state index contributed by atoms with van der Waals surface area (Å²) in [6, 6.07) is 10.4. The van der Waals surface area contributed by atoms with Crippen LogP contribution in [0.25, 0.3) is 5.69 Å². The van der Waals surface area contributed by atoms with E-state index in [-0.39, 0.29) is 11.9 Å². The molecular formula is C26H33N5O2S. The van der Waals surface area contributed by atoms with E-state index < -0.39 is 0 Å². The summed E-state index contributed by atoms with van der Waals surface area (Å²) in [6.45, 7) is 9.84. The summed E-state index contributed by atoms with van der Waals surface area (Å²) in [6.07, 6.45) is 4.80. The van der Waals surface area contributed by atoms with Gasteiger partial charge in [-0.25, -0.2) is 0 Å². The van der Waals surface area contributed by atoms with Crippen molar-refractivity contribution in [1.82, 2.24) is 19.3 Å². The van der Waals surface area contributed by atoms with Crippen LogP contribution in [0.1, 0.15) is 53.0 Å². The minimum atomic E-state index is 0.123. The molecule has 8 heteroatoms. The van der Waals surface area contributed by atoms with Crippen molar-refractivity contribution in [2.45, 2.75) is 64.3 Å². The highest BCUT2D eigenvalue weighted by Gasteiger charge is 2.25. The molecule has 2 aliphatic rings. The Labute approximate surface area is 205 Å². The van der Waals surface area contributed by atoms with Crippen LogP contribution < -0.4 is 4.90 Å². The van der Waals surface area contributed by atoms with E-state index in [0.717, 1.165) is 72.8 Å². The summed E-state index contributed by atoms with van der Waals surface area (Å²) < 4.78 is 10.1. The van der Waals surface area contributed by atoms with Gasteiger partial charge >= 0.3 is 0 Å². The zero-order valence-electron chi connectivity index (χ0n) is 20.3. The first-order chi connectivity index (χ1) is 16.5. The Morgan fingerprint density at radius 2 is 1.85 bits per heavy atom. The number of nitrogens with zero attached hydrogens (tertiary/aromatic N) is 5. The topological polar surface area (TPSA) is 65.2 Å². The van der Waals surface area contributed by atoms with E-state index in [0.29, 0.717) is 5.75 Å². The van der Waals surface area contributed by atoms with Gasteiger partial charge in [0, 0.05) is 43.2 Å². The average molecular weight is 480 g/mol. The lowest BCUT2D eigenvalue weighted by Crippen LogP contribution is -2.22. The number of benzene rings is 1. The lowest BCUT2D eigenvalue weighted by atomic mass is 10.2. The highest BCUT2D eigenvalue weighted by atomic mass is 32.2. The standard InChI is InChI=1S/C26H33N5O2S/c1-18-8-10-21(11-9-18)31-25(29-12-4-5-13-29)27-28-26(31)34-17-24(32)23-15-19(2)30(20(23)3)16-22-7-6-14-33-22/h8-11,15,22H,4-7,12-14,16-17H2,1-3H3/t22-/m1/s1. The second-order valence-electron chi connectivity index (χ2n) is 9.39. The Hall–Kier alpha value is -2.58. The Morgan fingerprint density at radius 1 is 1.09 bits per heavy atom. The number of hydrogen-bond donors (Lipinski definition) is 0. The summed E-state index contributed by atoms with van der Waals surface area (Å²) >= 11 is 1.46. The normalized spacial score (nSPS) is 18.2. The Morgan fingerprint density at radius 3 is 2.56 bits per heavy atom. The van der Waals surface area contributed by atoms with Crippen molar-refractivity contribution in [2.24, 2.45) is 0 Å². The fourth-order valence-corrected chi connectivity index (χ4v) is 5.79. The number of Topliss-reactive ketones (excluding diaryl/α,β-unsaturated/α-hetero) is 1. The van der Waals surface area contributed by atoms with Crippen LogP contribution in [0, 0.1) is 20.8 Å². The van der Waals surface area contributed by atoms with Gasteiger partial charge in [-0.2, -0.15) is 0 Å². The van der Waals surface area contributed by atoms with Gasteiger partial charge in [0.25, 0.3) is 0 Å². The maximum Gasteiger partial charge on any atom is 0.232 e. The predicted octanol–water partition coefficient (Wildman–Crippen LogP) is 4.75. The SMILES string of the molecule is Cc1ccc(-n2c(SCC(=O)c3cc(C)n(C[C@H]4CCCO4)c3C)nnc2N2CCCC2)cc1. The number of carbonyl (C=O) groups is 1. The van der Waals surface area contributed by atoms with E-state index in [1.165, 1.54) is 30.2 Å². The van der Waals surface area contributed by atoms with Crippen molar-refractivity contribution in [3.05, 3.63) is 52.8 Å². The second-order valence-corrected chi connectivity index (χ2v) is 10.3. The molecule has 2 aromatic heterocycles. The molecule has 34 heavy (non-hydrogen) atoms. The third kappa shape index (κ3) is 4.66. The molecule has 0 spiro atoms. The Balaban J connectivity index is 1.36. The summed E-state index contributed by atoms with van der Waals surface area (Å²) in [5.41, 5.74) is 5.17. The molecule has 7 nitrogen and oxygen atoms in total. The van der Waals surface area contributed by atoms with E-state index in [4.69, 9.17) is 4.74 Å². The van der Waals surface area contributed by atoms with E-state index in [2.05, 4.69) is 62.3 Å². The molecule has 2 aliphatic heterocycles. The van der Waals surface area contributed by atoms with Crippen LogP contribution in [0.5, 0.6) is 0 Å². The van der Waals surface area contributed by atoms with E-state index in [9.17, 15) is 4.79 Å². The molecule has 0 N–H and O–H groups in total. The number of hydrogen-bond acceptors (Lipinski definition) is 6. The van der Waals surface area contributed by atoms with Crippen molar-refractivity contribution >= 4 is 23.5 Å². The summed E-state index contributed by atoms with van der Waals surface area (Å²) in [7, 11) is 0. The first-order valence-electron chi connectivity index (χ1n) is 12.2. The van der Waals surface area contributed by atoms with Gasteiger partial charge in [0.15, 0.2) is 10.9 Å². The number of ether oxygens (including phenoxy) is 1. The molecule has 0 bridgehead atoms. The van der Waals surface area contributed by atoms with Gasteiger partial charge in [-0.3, -0.25) is 9.36 Å². The van der Waals surface area contributed by atoms with Crippen LogP contribution in [0.3, 0.4) is 0 Å². The molecule has 0 aliphatic carbocycles. The molecule has 5 rings (SSSR count). The minimum absolute atomic E-state index is 0.123. The number of thioether (sulfide) groups is 1. The van der Waals surface area contributed by atoms with Gasteiger partial charge in [0.05, 0.1) is 17.5 Å². The van der Waals surface area contributed by atoms with Crippen LogP contribution in [-0.4, -0.2) is 56.7 Å². The number of ketones is 1.